The second kappa shape index (κ2) is 6.00. The third-order valence-corrected chi connectivity index (χ3v) is 2.49. The molecule has 0 unspecified atom stereocenters. The predicted molar refractivity (Wildman–Crippen MR) is 67.4 cm³/mol. The van der Waals surface area contributed by atoms with Crippen LogP contribution in [0.25, 0.3) is 0 Å². The molecule has 4 nitrogen and oxygen atoms in total. The lowest BCUT2D eigenvalue weighted by atomic mass is 10.2. The van der Waals surface area contributed by atoms with Gasteiger partial charge in [-0.15, -0.1) is 0 Å². The Morgan fingerprint density at radius 2 is 1.81 bits per heavy atom. The van der Waals surface area contributed by atoms with E-state index in [-0.39, 0.29) is 12.1 Å². The fourth-order valence-electron chi connectivity index (χ4n) is 1.41. The summed E-state index contributed by atoms with van der Waals surface area (Å²) in [6, 6.07) is 7.13. The third-order valence-electron chi connectivity index (χ3n) is 2.49. The molecular weight excluding hydrogens is 202 g/mol. The van der Waals surface area contributed by atoms with Crippen LogP contribution in [0.4, 0.5) is 16.2 Å². The van der Waals surface area contributed by atoms with Crippen molar-refractivity contribution in [3.05, 3.63) is 24.3 Å². The molecule has 1 rings (SSSR count). The van der Waals surface area contributed by atoms with Gasteiger partial charge in [0, 0.05) is 17.4 Å². The van der Waals surface area contributed by atoms with Crippen LogP contribution in [0.5, 0.6) is 0 Å². The molecule has 0 spiro atoms. The molecule has 0 aromatic heterocycles. The lowest BCUT2D eigenvalue weighted by Gasteiger charge is -2.15. The number of rotatable bonds is 4. The van der Waals surface area contributed by atoms with Crippen molar-refractivity contribution in [1.82, 2.24) is 5.32 Å². The van der Waals surface area contributed by atoms with E-state index in [0.717, 1.165) is 18.5 Å². The van der Waals surface area contributed by atoms with Crippen LogP contribution in [0.3, 0.4) is 0 Å². The second-order valence-corrected chi connectivity index (χ2v) is 3.73. The van der Waals surface area contributed by atoms with E-state index in [4.69, 9.17) is 5.73 Å². The molecule has 4 N–H and O–H groups in total. The number of hydrogen-bond acceptors (Lipinski definition) is 2. The molecule has 16 heavy (non-hydrogen) atoms. The van der Waals surface area contributed by atoms with Crippen molar-refractivity contribution in [2.24, 2.45) is 0 Å². The molecular formula is C12H19N3O. The van der Waals surface area contributed by atoms with Gasteiger partial charge in [-0.2, -0.15) is 0 Å². The van der Waals surface area contributed by atoms with E-state index in [0.29, 0.717) is 5.69 Å². The minimum Gasteiger partial charge on any atom is -0.399 e. The summed E-state index contributed by atoms with van der Waals surface area (Å²) in [7, 11) is 0. The van der Waals surface area contributed by atoms with Gasteiger partial charge >= 0.3 is 6.03 Å². The molecule has 0 saturated carbocycles. The fraction of sp³-hybridized carbons (Fsp3) is 0.417. The zero-order valence-electron chi connectivity index (χ0n) is 9.79. The molecule has 2 amide bonds. The third kappa shape index (κ3) is 3.81. The van der Waals surface area contributed by atoms with Crippen molar-refractivity contribution in [3.63, 3.8) is 0 Å². The van der Waals surface area contributed by atoms with Crippen LogP contribution in [0.1, 0.15) is 26.7 Å². The maximum atomic E-state index is 11.6. The highest BCUT2D eigenvalue weighted by atomic mass is 16.2. The molecule has 1 aromatic carbocycles. The lowest BCUT2D eigenvalue weighted by Crippen LogP contribution is -2.37. The number of benzene rings is 1. The van der Waals surface area contributed by atoms with Crippen molar-refractivity contribution in [1.29, 1.82) is 0 Å². The van der Waals surface area contributed by atoms with E-state index in [1.54, 1.807) is 24.3 Å². The Morgan fingerprint density at radius 3 is 2.31 bits per heavy atom. The van der Waals surface area contributed by atoms with Crippen LogP contribution < -0.4 is 16.4 Å². The average molecular weight is 221 g/mol. The molecule has 0 atom stereocenters. The average Bonchev–Trinajstić information content (AvgIpc) is 2.29. The van der Waals surface area contributed by atoms with Crippen molar-refractivity contribution in [2.45, 2.75) is 32.7 Å². The number of nitrogens with two attached hydrogens (primary N) is 1. The van der Waals surface area contributed by atoms with Gasteiger partial charge in [0.1, 0.15) is 0 Å². The first-order valence-electron chi connectivity index (χ1n) is 5.58. The molecule has 0 saturated heterocycles. The van der Waals surface area contributed by atoms with Crippen LogP contribution in [0, 0.1) is 0 Å². The van der Waals surface area contributed by atoms with Gasteiger partial charge in [0.15, 0.2) is 0 Å². The van der Waals surface area contributed by atoms with E-state index in [2.05, 4.69) is 24.5 Å². The van der Waals surface area contributed by atoms with Gasteiger partial charge in [-0.3, -0.25) is 0 Å². The summed E-state index contributed by atoms with van der Waals surface area (Å²) in [5, 5.41) is 5.66. The van der Waals surface area contributed by atoms with Crippen molar-refractivity contribution in [3.8, 4) is 0 Å². The Bertz CT molecular complexity index is 331. The number of carbonyl (C=O) groups excluding carboxylic acids is 1. The molecule has 0 aliphatic rings. The summed E-state index contributed by atoms with van der Waals surface area (Å²) < 4.78 is 0. The number of amides is 2. The minimum atomic E-state index is -0.168. The summed E-state index contributed by atoms with van der Waals surface area (Å²) in [6.07, 6.45) is 1.87. The van der Waals surface area contributed by atoms with E-state index >= 15 is 0 Å². The zero-order valence-corrected chi connectivity index (χ0v) is 9.79. The quantitative estimate of drug-likeness (QED) is 0.684. The summed E-state index contributed by atoms with van der Waals surface area (Å²) in [4.78, 5) is 11.6. The first-order valence-corrected chi connectivity index (χ1v) is 5.58. The van der Waals surface area contributed by atoms with Crippen molar-refractivity contribution >= 4 is 17.4 Å². The molecule has 88 valence electrons. The van der Waals surface area contributed by atoms with Gasteiger partial charge < -0.3 is 16.4 Å². The SMILES string of the molecule is CCC(CC)NC(=O)Nc1ccc(N)cc1. The largest absolute Gasteiger partial charge is 0.399 e. The maximum absolute atomic E-state index is 11.6. The lowest BCUT2D eigenvalue weighted by molar-refractivity contribution is 0.247. The van der Waals surface area contributed by atoms with Crippen LogP contribution in [0.15, 0.2) is 24.3 Å². The zero-order chi connectivity index (χ0) is 12.0. The Hall–Kier alpha value is -1.71. The minimum absolute atomic E-state index is 0.168. The first kappa shape index (κ1) is 12.4. The van der Waals surface area contributed by atoms with Gasteiger partial charge in [0.2, 0.25) is 0 Å². The van der Waals surface area contributed by atoms with E-state index < -0.39 is 0 Å². The number of carbonyl (C=O) groups is 1. The van der Waals surface area contributed by atoms with Gasteiger partial charge in [-0.25, -0.2) is 4.79 Å². The van der Waals surface area contributed by atoms with Crippen LogP contribution >= 0.6 is 0 Å². The van der Waals surface area contributed by atoms with Crippen LogP contribution in [0.2, 0.25) is 0 Å². The number of hydrogen-bond donors (Lipinski definition) is 3. The molecule has 0 radical (unpaired) electrons. The second-order valence-electron chi connectivity index (χ2n) is 3.73. The molecule has 1 aromatic rings. The van der Waals surface area contributed by atoms with Gasteiger partial charge in [0.25, 0.3) is 0 Å². The Labute approximate surface area is 96.2 Å². The van der Waals surface area contributed by atoms with E-state index in [1.807, 2.05) is 0 Å². The van der Waals surface area contributed by atoms with Gasteiger partial charge in [-0.1, -0.05) is 13.8 Å². The smallest absolute Gasteiger partial charge is 0.319 e. The summed E-state index contributed by atoms with van der Waals surface area (Å²) in [5.74, 6) is 0. The van der Waals surface area contributed by atoms with E-state index in [1.165, 1.54) is 0 Å². The summed E-state index contributed by atoms with van der Waals surface area (Å²) in [6.45, 7) is 4.11. The molecule has 0 heterocycles. The van der Waals surface area contributed by atoms with Gasteiger partial charge in [0.05, 0.1) is 0 Å². The Balaban J connectivity index is 2.48. The van der Waals surface area contributed by atoms with Crippen molar-refractivity contribution in [2.75, 3.05) is 11.1 Å². The Kier molecular flexibility index (Phi) is 4.64. The molecule has 0 aliphatic heterocycles. The normalized spacial score (nSPS) is 10.2. The summed E-state index contributed by atoms with van der Waals surface area (Å²) >= 11 is 0. The standard InChI is InChI=1S/C12H19N3O/c1-3-10(4-2)14-12(16)15-11-7-5-9(13)6-8-11/h5-8,10H,3-4,13H2,1-2H3,(H2,14,15,16). The highest BCUT2D eigenvalue weighted by molar-refractivity contribution is 5.89. The first-order chi connectivity index (χ1) is 7.65. The molecule has 0 aliphatic carbocycles. The fourth-order valence-corrected chi connectivity index (χ4v) is 1.41. The van der Waals surface area contributed by atoms with Crippen LogP contribution in [-0.2, 0) is 0 Å². The Morgan fingerprint density at radius 1 is 1.25 bits per heavy atom. The van der Waals surface area contributed by atoms with Crippen LogP contribution in [-0.4, -0.2) is 12.1 Å². The summed E-state index contributed by atoms with van der Waals surface area (Å²) in [5.41, 5.74) is 6.99. The van der Waals surface area contributed by atoms with Gasteiger partial charge in [-0.05, 0) is 37.1 Å². The number of nitrogen functional groups attached to an aromatic ring is 1. The number of nitrogens with one attached hydrogen (secondary N) is 2. The highest BCUT2D eigenvalue weighted by Gasteiger charge is 2.07. The molecule has 4 heteroatoms. The molecule has 0 bridgehead atoms. The number of anilines is 2. The maximum Gasteiger partial charge on any atom is 0.319 e. The topological polar surface area (TPSA) is 67.2 Å². The monoisotopic (exact) mass is 221 g/mol. The highest BCUT2D eigenvalue weighted by Crippen LogP contribution is 2.10. The van der Waals surface area contributed by atoms with E-state index in [9.17, 15) is 4.79 Å². The molecule has 0 fully saturated rings. The number of urea groups is 1. The van der Waals surface area contributed by atoms with Crippen molar-refractivity contribution < 1.29 is 4.79 Å². The predicted octanol–water partition coefficient (Wildman–Crippen LogP) is 2.58.